The zero-order chi connectivity index (χ0) is 29.7. The fourth-order valence-electron chi connectivity index (χ4n) is 3.86. The van der Waals surface area contributed by atoms with Crippen LogP contribution < -0.4 is 9.44 Å². The van der Waals surface area contributed by atoms with Crippen molar-refractivity contribution in [1.82, 2.24) is 13.7 Å². The van der Waals surface area contributed by atoms with E-state index in [0.717, 1.165) is 21.0 Å². The Balaban J connectivity index is 1.88. The third-order valence-electron chi connectivity index (χ3n) is 6.49. The number of nitrogens with zero attached hydrogens (tertiary/aromatic N) is 1. The van der Waals surface area contributed by atoms with E-state index >= 15 is 0 Å². The third kappa shape index (κ3) is 8.21. The van der Waals surface area contributed by atoms with Crippen LogP contribution in [0.3, 0.4) is 0 Å². The van der Waals surface area contributed by atoms with Gasteiger partial charge in [-0.3, -0.25) is 0 Å². The number of nitrogens with one attached hydrogen (secondary N) is 2. The van der Waals surface area contributed by atoms with Crippen LogP contribution in [0.25, 0.3) is 0 Å². The Bertz CT molecular complexity index is 1600. The molecule has 0 radical (unpaired) electrons. The molecule has 0 amide bonds. The standard InChI is InChI=1S/C28H37N3O6S3/c1-21(2)28(30-39(34,35)26-14-8-23(4)9-15-26)20-31(40(36,37)27-16-10-24(5)11-17-27)19-18-29-38(32,33)25-12-6-22(3)7-13-25/h6-17,21,28-30H,18-20H2,1-5H3/t28-/m1/s1. The second-order valence-electron chi connectivity index (χ2n) is 10.2. The predicted molar refractivity (Wildman–Crippen MR) is 156 cm³/mol. The summed E-state index contributed by atoms with van der Waals surface area (Å²) in [6.07, 6.45) is 0. The van der Waals surface area contributed by atoms with Crippen molar-refractivity contribution < 1.29 is 25.3 Å². The van der Waals surface area contributed by atoms with Gasteiger partial charge in [-0.15, -0.1) is 0 Å². The van der Waals surface area contributed by atoms with Crippen molar-refractivity contribution in [2.75, 3.05) is 19.6 Å². The van der Waals surface area contributed by atoms with E-state index in [-0.39, 0.29) is 40.2 Å². The highest BCUT2D eigenvalue weighted by atomic mass is 32.2. The van der Waals surface area contributed by atoms with Crippen LogP contribution in [0.2, 0.25) is 0 Å². The van der Waals surface area contributed by atoms with Crippen LogP contribution >= 0.6 is 0 Å². The molecule has 0 aromatic heterocycles. The van der Waals surface area contributed by atoms with E-state index in [1.807, 2.05) is 20.8 Å². The Morgan fingerprint density at radius 3 is 1.45 bits per heavy atom. The van der Waals surface area contributed by atoms with Crippen molar-refractivity contribution >= 4 is 30.1 Å². The van der Waals surface area contributed by atoms with Gasteiger partial charge in [0.15, 0.2) is 0 Å². The molecule has 3 aromatic rings. The Morgan fingerprint density at radius 2 is 1.02 bits per heavy atom. The first-order valence-electron chi connectivity index (χ1n) is 12.8. The van der Waals surface area contributed by atoms with Crippen molar-refractivity contribution in [1.29, 1.82) is 0 Å². The van der Waals surface area contributed by atoms with Gasteiger partial charge in [-0.1, -0.05) is 66.9 Å². The molecule has 0 fully saturated rings. The lowest BCUT2D eigenvalue weighted by Crippen LogP contribution is -2.49. The van der Waals surface area contributed by atoms with Crippen LogP contribution in [0.4, 0.5) is 0 Å². The van der Waals surface area contributed by atoms with E-state index in [1.165, 1.54) is 36.4 Å². The molecule has 0 unspecified atom stereocenters. The number of rotatable bonds is 13. The number of hydrogen-bond acceptors (Lipinski definition) is 6. The first kappa shape index (κ1) is 31.9. The summed E-state index contributed by atoms with van der Waals surface area (Å²) in [6.45, 7) is 8.48. The Morgan fingerprint density at radius 1 is 0.625 bits per heavy atom. The van der Waals surface area contributed by atoms with Gasteiger partial charge in [0.2, 0.25) is 30.1 Å². The van der Waals surface area contributed by atoms with Crippen LogP contribution in [0.15, 0.2) is 87.5 Å². The van der Waals surface area contributed by atoms with Gasteiger partial charge >= 0.3 is 0 Å². The molecular weight excluding hydrogens is 571 g/mol. The normalized spacial score (nSPS) is 13.6. The maximum absolute atomic E-state index is 13.7. The molecule has 0 heterocycles. The van der Waals surface area contributed by atoms with Gasteiger partial charge in [0.1, 0.15) is 0 Å². The van der Waals surface area contributed by atoms with E-state index in [0.29, 0.717) is 0 Å². The maximum atomic E-state index is 13.7. The predicted octanol–water partition coefficient (Wildman–Crippen LogP) is 3.58. The average molecular weight is 608 g/mol. The van der Waals surface area contributed by atoms with Crippen molar-refractivity contribution in [3.63, 3.8) is 0 Å². The van der Waals surface area contributed by atoms with Crippen molar-refractivity contribution in [3.8, 4) is 0 Å². The molecule has 0 saturated heterocycles. The first-order valence-corrected chi connectivity index (χ1v) is 17.2. The molecule has 40 heavy (non-hydrogen) atoms. The van der Waals surface area contributed by atoms with Crippen molar-refractivity contribution in [2.24, 2.45) is 5.92 Å². The molecule has 0 aliphatic rings. The number of benzene rings is 3. The second-order valence-corrected chi connectivity index (χ2v) is 15.6. The molecule has 1 atom stereocenters. The molecule has 0 saturated carbocycles. The zero-order valence-electron chi connectivity index (χ0n) is 23.3. The molecule has 3 rings (SSSR count). The fraction of sp³-hybridized carbons (Fsp3) is 0.357. The minimum absolute atomic E-state index is 0.0309. The van der Waals surface area contributed by atoms with Crippen LogP contribution in [0, 0.1) is 26.7 Å². The molecule has 12 heteroatoms. The SMILES string of the molecule is Cc1ccc(S(=O)(=O)NCCN(C[C@@H](NS(=O)(=O)c2ccc(C)cc2)C(C)C)S(=O)(=O)c2ccc(C)cc2)cc1. The summed E-state index contributed by atoms with van der Waals surface area (Å²) < 4.78 is 85.6. The summed E-state index contributed by atoms with van der Waals surface area (Å²) in [6, 6.07) is 18.2. The van der Waals surface area contributed by atoms with Gasteiger partial charge in [-0.05, 0) is 63.1 Å². The van der Waals surface area contributed by atoms with E-state index in [1.54, 1.807) is 50.2 Å². The second kappa shape index (κ2) is 12.9. The van der Waals surface area contributed by atoms with Crippen LogP contribution in [-0.4, -0.2) is 55.2 Å². The van der Waals surface area contributed by atoms with Gasteiger partial charge in [0.25, 0.3) is 0 Å². The van der Waals surface area contributed by atoms with Gasteiger partial charge in [0.05, 0.1) is 14.7 Å². The van der Waals surface area contributed by atoms with Crippen LogP contribution in [0.5, 0.6) is 0 Å². The zero-order valence-corrected chi connectivity index (χ0v) is 25.8. The third-order valence-corrected chi connectivity index (χ3v) is 11.3. The molecule has 2 N–H and O–H groups in total. The summed E-state index contributed by atoms with van der Waals surface area (Å²) in [5, 5.41) is 0. The Labute approximate surface area is 238 Å². The van der Waals surface area contributed by atoms with E-state index in [4.69, 9.17) is 0 Å². The minimum Gasteiger partial charge on any atom is -0.210 e. The first-order chi connectivity index (χ1) is 18.6. The molecule has 0 aliphatic carbocycles. The molecule has 0 bridgehead atoms. The van der Waals surface area contributed by atoms with Gasteiger partial charge in [-0.2, -0.15) is 4.31 Å². The summed E-state index contributed by atoms with van der Waals surface area (Å²) >= 11 is 0. The summed E-state index contributed by atoms with van der Waals surface area (Å²) in [4.78, 5) is 0.169. The Kier molecular flexibility index (Phi) is 10.3. The lowest BCUT2D eigenvalue weighted by Gasteiger charge is -2.30. The van der Waals surface area contributed by atoms with Crippen molar-refractivity contribution in [3.05, 3.63) is 89.5 Å². The fourth-order valence-corrected chi connectivity index (χ4v) is 7.73. The Hall–Kier alpha value is -2.61. The summed E-state index contributed by atoms with van der Waals surface area (Å²) in [7, 11) is -11.9. The number of sulfonamides is 3. The monoisotopic (exact) mass is 607 g/mol. The average Bonchev–Trinajstić information content (AvgIpc) is 2.88. The molecule has 0 aliphatic heterocycles. The van der Waals surface area contributed by atoms with Crippen LogP contribution in [0.1, 0.15) is 30.5 Å². The van der Waals surface area contributed by atoms with Gasteiger partial charge in [0, 0.05) is 25.7 Å². The molecule has 9 nitrogen and oxygen atoms in total. The molecule has 0 spiro atoms. The van der Waals surface area contributed by atoms with Crippen molar-refractivity contribution in [2.45, 2.75) is 55.3 Å². The minimum atomic E-state index is -4.10. The maximum Gasteiger partial charge on any atom is 0.243 e. The quantitative estimate of drug-likeness (QED) is 0.306. The molecule has 3 aromatic carbocycles. The smallest absolute Gasteiger partial charge is 0.210 e. The lowest BCUT2D eigenvalue weighted by molar-refractivity contribution is 0.331. The van der Waals surface area contributed by atoms with E-state index < -0.39 is 36.1 Å². The number of aryl methyl sites for hydroxylation is 3. The molecule has 218 valence electrons. The number of hydrogen-bond donors (Lipinski definition) is 2. The van der Waals surface area contributed by atoms with E-state index in [2.05, 4.69) is 9.44 Å². The van der Waals surface area contributed by atoms with Gasteiger partial charge < -0.3 is 0 Å². The summed E-state index contributed by atoms with van der Waals surface area (Å²) in [5.74, 6) is -0.278. The largest absolute Gasteiger partial charge is 0.243 e. The summed E-state index contributed by atoms with van der Waals surface area (Å²) in [5.41, 5.74) is 2.69. The van der Waals surface area contributed by atoms with Crippen LogP contribution in [-0.2, 0) is 30.1 Å². The topological polar surface area (TPSA) is 130 Å². The lowest BCUT2D eigenvalue weighted by atomic mass is 10.1. The highest BCUT2D eigenvalue weighted by Crippen LogP contribution is 2.20. The highest BCUT2D eigenvalue weighted by Gasteiger charge is 2.31. The molecular formula is C28H37N3O6S3. The highest BCUT2D eigenvalue weighted by molar-refractivity contribution is 7.90. The van der Waals surface area contributed by atoms with Gasteiger partial charge in [-0.25, -0.2) is 34.7 Å². The van der Waals surface area contributed by atoms with E-state index in [9.17, 15) is 25.3 Å².